The number of benzene rings is 1. The highest BCUT2D eigenvalue weighted by atomic mass is 15.3. The van der Waals surface area contributed by atoms with E-state index in [1.165, 1.54) is 0 Å². The van der Waals surface area contributed by atoms with Crippen LogP contribution in [0, 0.1) is 0 Å². The lowest BCUT2D eigenvalue weighted by atomic mass is 10.1. The lowest BCUT2D eigenvalue weighted by Gasteiger charge is -2.05. The second kappa shape index (κ2) is 5.36. The molecule has 0 amide bonds. The summed E-state index contributed by atoms with van der Waals surface area (Å²) < 4.78 is 1.78. The third-order valence-corrected chi connectivity index (χ3v) is 3.30. The summed E-state index contributed by atoms with van der Waals surface area (Å²) in [6, 6.07) is 11.8. The molecular formula is C16H17N5. The van der Waals surface area contributed by atoms with Crippen LogP contribution in [0.2, 0.25) is 0 Å². The van der Waals surface area contributed by atoms with Gasteiger partial charge in [0.15, 0.2) is 5.82 Å². The lowest BCUT2D eigenvalue weighted by Crippen LogP contribution is -1.99. The smallest absolute Gasteiger partial charge is 0.165 e. The van der Waals surface area contributed by atoms with Gasteiger partial charge >= 0.3 is 0 Å². The zero-order valence-corrected chi connectivity index (χ0v) is 12.1. The van der Waals surface area contributed by atoms with Gasteiger partial charge in [0.05, 0.1) is 17.0 Å². The van der Waals surface area contributed by atoms with Crippen molar-refractivity contribution in [2.75, 3.05) is 5.73 Å². The van der Waals surface area contributed by atoms with Crippen molar-refractivity contribution in [1.29, 1.82) is 0 Å². The van der Waals surface area contributed by atoms with E-state index in [1.807, 2.05) is 43.6 Å². The molecule has 0 radical (unpaired) electrons. The number of rotatable bonds is 3. The van der Waals surface area contributed by atoms with E-state index < -0.39 is 0 Å². The van der Waals surface area contributed by atoms with Gasteiger partial charge in [-0.1, -0.05) is 37.3 Å². The summed E-state index contributed by atoms with van der Waals surface area (Å²) in [6.45, 7) is 2.07. The third-order valence-electron chi connectivity index (χ3n) is 3.30. The fourth-order valence-corrected chi connectivity index (χ4v) is 2.33. The molecule has 0 atom stereocenters. The average molecular weight is 279 g/mol. The fourth-order valence-electron chi connectivity index (χ4n) is 2.33. The van der Waals surface area contributed by atoms with Gasteiger partial charge in [-0.3, -0.25) is 4.68 Å². The Morgan fingerprint density at radius 3 is 2.62 bits per heavy atom. The van der Waals surface area contributed by atoms with Crippen LogP contribution in [0.15, 0.2) is 42.6 Å². The molecule has 0 fully saturated rings. The maximum atomic E-state index is 5.95. The molecule has 5 heteroatoms. The minimum Gasteiger partial charge on any atom is -0.384 e. The molecule has 3 aromatic rings. The zero-order valence-electron chi connectivity index (χ0n) is 12.1. The first-order valence-corrected chi connectivity index (χ1v) is 6.90. The lowest BCUT2D eigenvalue weighted by molar-refractivity contribution is 0.746. The Morgan fingerprint density at radius 1 is 1.14 bits per heavy atom. The van der Waals surface area contributed by atoms with Gasteiger partial charge in [-0.05, 0) is 6.42 Å². The standard InChI is InChI=1S/C16H17N5/c1-3-13-12(10-21(2)20-13)16-18-14(9-15(17)19-16)11-7-5-4-6-8-11/h4-10H,3H2,1-2H3,(H2,17,18,19). The molecule has 0 aliphatic rings. The van der Waals surface area contributed by atoms with Crippen molar-refractivity contribution in [3.8, 4) is 22.6 Å². The molecule has 0 spiro atoms. The van der Waals surface area contributed by atoms with Crippen molar-refractivity contribution in [1.82, 2.24) is 19.7 Å². The highest BCUT2D eigenvalue weighted by Crippen LogP contribution is 2.25. The molecule has 21 heavy (non-hydrogen) atoms. The van der Waals surface area contributed by atoms with Crippen molar-refractivity contribution in [3.63, 3.8) is 0 Å². The molecule has 0 saturated heterocycles. The summed E-state index contributed by atoms with van der Waals surface area (Å²) in [4.78, 5) is 9.02. The molecule has 0 aliphatic heterocycles. The molecule has 0 saturated carbocycles. The van der Waals surface area contributed by atoms with Gasteiger partial charge in [-0.2, -0.15) is 5.10 Å². The Kier molecular flexibility index (Phi) is 3.39. The molecule has 0 unspecified atom stereocenters. The summed E-state index contributed by atoms with van der Waals surface area (Å²) in [7, 11) is 1.90. The van der Waals surface area contributed by atoms with E-state index >= 15 is 0 Å². The number of hydrogen-bond acceptors (Lipinski definition) is 4. The Labute approximate surface area is 123 Å². The predicted molar refractivity (Wildman–Crippen MR) is 83.5 cm³/mol. The number of hydrogen-bond donors (Lipinski definition) is 1. The number of anilines is 1. The SMILES string of the molecule is CCc1nn(C)cc1-c1nc(N)cc(-c2ccccc2)n1. The van der Waals surface area contributed by atoms with E-state index in [4.69, 9.17) is 5.73 Å². The first kappa shape index (κ1) is 13.3. The summed E-state index contributed by atoms with van der Waals surface area (Å²) in [5.41, 5.74) is 9.71. The van der Waals surface area contributed by atoms with E-state index in [0.717, 1.165) is 28.9 Å². The molecule has 1 aromatic carbocycles. The quantitative estimate of drug-likeness (QED) is 0.800. The number of nitrogens with two attached hydrogens (primary N) is 1. The van der Waals surface area contributed by atoms with E-state index in [2.05, 4.69) is 22.0 Å². The van der Waals surface area contributed by atoms with Crippen LogP contribution < -0.4 is 5.73 Å². The number of aryl methyl sites for hydroxylation is 2. The minimum absolute atomic E-state index is 0.463. The number of nitrogens with zero attached hydrogens (tertiary/aromatic N) is 4. The van der Waals surface area contributed by atoms with Gasteiger partial charge in [-0.25, -0.2) is 9.97 Å². The summed E-state index contributed by atoms with van der Waals surface area (Å²) in [6.07, 6.45) is 2.76. The third kappa shape index (κ3) is 2.63. The Bertz CT molecular complexity index is 762. The van der Waals surface area contributed by atoms with Crippen LogP contribution in [0.4, 0.5) is 5.82 Å². The van der Waals surface area contributed by atoms with Gasteiger partial charge in [0, 0.05) is 24.9 Å². The van der Waals surface area contributed by atoms with Crippen LogP contribution >= 0.6 is 0 Å². The molecule has 106 valence electrons. The molecule has 5 nitrogen and oxygen atoms in total. The Morgan fingerprint density at radius 2 is 1.90 bits per heavy atom. The van der Waals surface area contributed by atoms with Crippen molar-refractivity contribution >= 4 is 5.82 Å². The fraction of sp³-hybridized carbons (Fsp3) is 0.188. The van der Waals surface area contributed by atoms with Crippen molar-refractivity contribution < 1.29 is 0 Å². The van der Waals surface area contributed by atoms with Crippen LogP contribution in [0.1, 0.15) is 12.6 Å². The minimum atomic E-state index is 0.463. The highest BCUT2D eigenvalue weighted by molar-refractivity contribution is 5.67. The van der Waals surface area contributed by atoms with E-state index in [0.29, 0.717) is 11.6 Å². The van der Waals surface area contributed by atoms with Crippen LogP contribution in [-0.2, 0) is 13.5 Å². The molecule has 3 rings (SSSR count). The van der Waals surface area contributed by atoms with Crippen molar-refractivity contribution in [2.24, 2.45) is 7.05 Å². The van der Waals surface area contributed by atoms with Crippen LogP contribution in [-0.4, -0.2) is 19.7 Å². The van der Waals surface area contributed by atoms with Crippen LogP contribution in [0.3, 0.4) is 0 Å². The predicted octanol–water partition coefficient (Wildman–Crippen LogP) is 2.69. The Hall–Kier alpha value is -2.69. The maximum Gasteiger partial charge on any atom is 0.165 e. The molecule has 2 aromatic heterocycles. The second-order valence-corrected chi connectivity index (χ2v) is 4.88. The molecule has 2 N–H and O–H groups in total. The first-order valence-electron chi connectivity index (χ1n) is 6.90. The monoisotopic (exact) mass is 279 g/mol. The van der Waals surface area contributed by atoms with Crippen LogP contribution in [0.5, 0.6) is 0 Å². The average Bonchev–Trinajstić information content (AvgIpc) is 2.89. The zero-order chi connectivity index (χ0) is 14.8. The normalized spacial score (nSPS) is 10.8. The van der Waals surface area contributed by atoms with Gasteiger partial charge in [0.1, 0.15) is 5.82 Å². The maximum absolute atomic E-state index is 5.95. The van der Waals surface area contributed by atoms with Gasteiger partial charge in [0.2, 0.25) is 0 Å². The first-order chi connectivity index (χ1) is 10.2. The molecule has 2 heterocycles. The largest absolute Gasteiger partial charge is 0.384 e. The topological polar surface area (TPSA) is 69.6 Å². The summed E-state index contributed by atoms with van der Waals surface area (Å²) in [5.74, 6) is 1.09. The molecular weight excluding hydrogens is 262 g/mol. The number of nitrogen functional groups attached to an aromatic ring is 1. The van der Waals surface area contributed by atoms with E-state index in [1.54, 1.807) is 10.7 Å². The van der Waals surface area contributed by atoms with Crippen molar-refractivity contribution in [2.45, 2.75) is 13.3 Å². The van der Waals surface area contributed by atoms with Crippen molar-refractivity contribution in [3.05, 3.63) is 48.3 Å². The summed E-state index contributed by atoms with van der Waals surface area (Å²) in [5, 5.41) is 4.43. The number of aromatic nitrogens is 4. The Balaban J connectivity index is 2.14. The van der Waals surface area contributed by atoms with E-state index in [9.17, 15) is 0 Å². The van der Waals surface area contributed by atoms with Crippen LogP contribution in [0.25, 0.3) is 22.6 Å². The van der Waals surface area contributed by atoms with E-state index in [-0.39, 0.29) is 0 Å². The molecule has 0 bridgehead atoms. The molecule has 0 aliphatic carbocycles. The summed E-state index contributed by atoms with van der Waals surface area (Å²) >= 11 is 0. The highest BCUT2D eigenvalue weighted by Gasteiger charge is 2.13. The van der Waals surface area contributed by atoms with Gasteiger partial charge < -0.3 is 5.73 Å². The second-order valence-electron chi connectivity index (χ2n) is 4.88. The van der Waals surface area contributed by atoms with Gasteiger partial charge in [-0.15, -0.1) is 0 Å². The van der Waals surface area contributed by atoms with Gasteiger partial charge in [0.25, 0.3) is 0 Å².